The van der Waals surface area contributed by atoms with Crippen LogP contribution < -0.4 is 21.1 Å². The minimum Gasteiger partial charge on any atom is -0.496 e. The lowest BCUT2D eigenvalue weighted by atomic mass is 9.92. The van der Waals surface area contributed by atoms with Crippen LogP contribution in [0.4, 0.5) is 22.4 Å². The van der Waals surface area contributed by atoms with Crippen molar-refractivity contribution in [3.8, 4) is 5.75 Å². The van der Waals surface area contributed by atoms with Gasteiger partial charge in [-0.3, -0.25) is 9.69 Å². The first-order valence-corrected chi connectivity index (χ1v) is 10.4. The number of urea groups is 1. The molecule has 0 spiro atoms. The molecule has 1 aromatic heterocycles. The summed E-state index contributed by atoms with van der Waals surface area (Å²) in [7, 11) is 1.57. The third-order valence-corrected chi connectivity index (χ3v) is 5.47. The van der Waals surface area contributed by atoms with Crippen molar-refractivity contribution in [2.75, 3.05) is 18.2 Å². The summed E-state index contributed by atoms with van der Waals surface area (Å²) >= 11 is 0. The van der Waals surface area contributed by atoms with Gasteiger partial charge in [-0.2, -0.15) is 15.0 Å². The van der Waals surface area contributed by atoms with Crippen LogP contribution >= 0.6 is 0 Å². The lowest BCUT2D eigenvalue weighted by Gasteiger charge is -2.22. The monoisotopic (exact) mass is 447 g/mol. The van der Waals surface area contributed by atoms with E-state index < -0.39 is 11.6 Å². The van der Waals surface area contributed by atoms with Crippen molar-refractivity contribution in [3.63, 3.8) is 0 Å². The number of nitrogens with zero attached hydrogens (tertiary/aromatic N) is 4. The van der Waals surface area contributed by atoms with Crippen LogP contribution in [-0.4, -0.2) is 44.4 Å². The molecule has 33 heavy (non-hydrogen) atoms. The number of aryl methyl sites for hydroxylation is 1. The summed E-state index contributed by atoms with van der Waals surface area (Å²) in [6, 6.07) is 14.5. The predicted molar refractivity (Wildman–Crippen MR) is 123 cm³/mol. The summed E-state index contributed by atoms with van der Waals surface area (Å²) in [5.41, 5.74) is 7.35. The molecule has 10 heteroatoms. The van der Waals surface area contributed by atoms with Crippen molar-refractivity contribution >= 4 is 29.5 Å². The van der Waals surface area contributed by atoms with Crippen LogP contribution in [0.25, 0.3) is 0 Å². The molecule has 0 radical (unpaired) electrons. The third-order valence-electron chi connectivity index (χ3n) is 5.47. The number of para-hydroxylation sites is 2. The van der Waals surface area contributed by atoms with Gasteiger partial charge >= 0.3 is 6.03 Å². The Morgan fingerprint density at radius 3 is 2.58 bits per heavy atom. The molecule has 2 heterocycles. The molecule has 0 aliphatic carbocycles. The van der Waals surface area contributed by atoms with Gasteiger partial charge in [-0.05, 0) is 37.1 Å². The molecule has 1 atom stereocenters. The van der Waals surface area contributed by atoms with Gasteiger partial charge in [-0.15, -0.1) is 0 Å². The maximum atomic E-state index is 13.2. The number of carbonyl (C=O) groups is 2. The van der Waals surface area contributed by atoms with Crippen LogP contribution in [0.2, 0.25) is 0 Å². The average Bonchev–Trinajstić information content (AvgIpc) is 2.98. The van der Waals surface area contributed by atoms with Gasteiger partial charge in [0.2, 0.25) is 11.9 Å². The summed E-state index contributed by atoms with van der Waals surface area (Å²) < 4.78 is 5.38. The normalized spacial score (nSPS) is 17.7. The van der Waals surface area contributed by atoms with Gasteiger partial charge in [-0.1, -0.05) is 36.4 Å². The second-order valence-electron chi connectivity index (χ2n) is 8.02. The number of anilines is 3. The van der Waals surface area contributed by atoms with Gasteiger partial charge in [-0.25, -0.2) is 4.79 Å². The SMILES string of the molecule is COc1ccccc1C[C@]1(C)NC(=O)N(Cc2nc(N)nc(Nc3ccccc3C)n2)C1=O. The van der Waals surface area contributed by atoms with E-state index in [1.807, 2.05) is 55.5 Å². The molecule has 3 amide bonds. The number of amides is 3. The van der Waals surface area contributed by atoms with Gasteiger partial charge in [0.25, 0.3) is 5.91 Å². The fraction of sp³-hybridized carbons (Fsp3) is 0.261. The van der Waals surface area contributed by atoms with E-state index in [-0.39, 0.29) is 36.6 Å². The Bertz CT molecular complexity index is 1220. The Kier molecular flexibility index (Phi) is 5.82. The number of imide groups is 1. The Morgan fingerprint density at radius 1 is 1.09 bits per heavy atom. The zero-order valence-corrected chi connectivity index (χ0v) is 18.6. The number of hydrogen-bond acceptors (Lipinski definition) is 8. The summed E-state index contributed by atoms with van der Waals surface area (Å²) in [5, 5.41) is 5.89. The molecule has 1 saturated heterocycles. The van der Waals surface area contributed by atoms with Crippen LogP contribution in [0.1, 0.15) is 23.9 Å². The van der Waals surface area contributed by atoms with Gasteiger partial charge in [0, 0.05) is 12.1 Å². The first-order chi connectivity index (χ1) is 15.8. The van der Waals surface area contributed by atoms with Crippen molar-refractivity contribution in [1.29, 1.82) is 0 Å². The molecule has 0 saturated carbocycles. The molecule has 3 aromatic rings. The standard InChI is InChI=1S/C23H25N7O3/c1-14-8-4-6-10-16(14)25-21-27-18(26-20(24)28-21)13-30-19(31)23(2,29-22(30)32)12-15-9-5-7-11-17(15)33-3/h4-11H,12-13H2,1-3H3,(H,29,32)(H3,24,25,26,27,28)/t23-/m0/s1. The summed E-state index contributed by atoms with van der Waals surface area (Å²) in [5.74, 6) is 0.682. The number of aromatic nitrogens is 3. The highest BCUT2D eigenvalue weighted by Gasteiger charge is 2.48. The minimum atomic E-state index is -1.13. The van der Waals surface area contributed by atoms with Crippen LogP contribution in [0.5, 0.6) is 5.75 Å². The zero-order valence-electron chi connectivity index (χ0n) is 18.6. The Balaban J connectivity index is 1.54. The Labute approximate surface area is 191 Å². The third kappa shape index (κ3) is 4.54. The lowest BCUT2D eigenvalue weighted by molar-refractivity contribution is -0.131. The number of ether oxygens (including phenoxy) is 1. The van der Waals surface area contributed by atoms with E-state index in [1.54, 1.807) is 14.0 Å². The predicted octanol–water partition coefficient (Wildman–Crippen LogP) is 2.57. The molecular weight excluding hydrogens is 422 g/mol. The molecule has 0 unspecified atom stereocenters. The molecule has 1 aliphatic rings. The molecule has 170 valence electrons. The van der Waals surface area contributed by atoms with Crippen molar-refractivity contribution < 1.29 is 14.3 Å². The second-order valence-corrected chi connectivity index (χ2v) is 8.02. The van der Waals surface area contributed by atoms with E-state index in [0.29, 0.717) is 5.75 Å². The van der Waals surface area contributed by atoms with Crippen molar-refractivity contribution in [2.24, 2.45) is 0 Å². The van der Waals surface area contributed by atoms with Crippen molar-refractivity contribution in [1.82, 2.24) is 25.2 Å². The number of methoxy groups -OCH3 is 1. The average molecular weight is 447 g/mol. The first-order valence-electron chi connectivity index (χ1n) is 10.4. The van der Waals surface area contributed by atoms with E-state index in [9.17, 15) is 9.59 Å². The van der Waals surface area contributed by atoms with Crippen LogP contribution in [-0.2, 0) is 17.8 Å². The smallest absolute Gasteiger partial charge is 0.325 e. The molecule has 1 aliphatic heterocycles. The number of carbonyl (C=O) groups excluding carboxylic acids is 2. The molecule has 4 N–H and O–H groups in total. The quantitative estimate of drug-likeness (QED) is 0.470. The van der Waals surface area contributed by atoms with Gasteiger partial charge < -0.3 is 21.1 Å². The Hall–Kier alpha value is -4.21. The number of hydrogen-bond donors (Lipinski definition) is 3. The molecule has 1 fully saturated rings. The van der Waals surface area contributed by atoms with E-state index in [2.05, 4.69) is 25.6 Å². The van der Waals surface area contributed by atoms with Crippen LogP contribution in [0, 0.1) is 6.92 Å². The highest BCUT2D eigenvalue weighted by molar-refractivity contribution is 6.06. The molecule has 4 rings (SSSR count). The van der Waals surface area contributed by atoms with Crippen molar-refractivity contribution in [2.45, 2.75) is 32.4 Å². The maximum Gasteiger partial charge on any atom is 0.325 e. The summed E-state index contributed by atoms with van der Waals surface area (Å²) in [4.78, 5) is 39.6. The van der Waals surface area contributed by atoms with E-state index >= 15 is 0 Å². The largest absolute Gasteiger partial charge is 0.496 e. The van der Waals surface area contributed by atoms with Gasteiger partial charge in [0.1, 0.15) is 11.3 Å². The van der Waals surface area contributed by atoms with E-state index in [4.69, 9.17) is 10.5 Å². The molecule has 2 aromatic carbocycles. The van der Waals surface area contributed by atoms with E-state index in [1.165, 1.54) is 0 Å². The number of benzene rings is 2. The van der Waals surface area contributed by atoms with Gasteiger partial charge in [0.05, 0.1) is 13.7 Å². The second kappa shape index (κ2) is 8.73. The van der Waals surface area contributed by atoms with Crippen molar-refractivity contribution in [3.05, 3.63) is 65.5 Å². The number of nitrogens with two attached hydrogens (primary N) is 1. The number of rotatable bonds is 7. The topological polar surface area (TPSA) is 135 Å². The minimum absolute atomic E-state index is 0.0140. The van der Waals surface area contributed by atoms with Crippen LogP contribution in [0.15, 0.2) is 48.5 Å². The highest BCUT2D eigenvalue weighted by Crippen LogP contribution is 2.28. The van der Waals surface area contributed by atoms with Crippen LogP contribution in [0.3, 0.4) is 0 Å². The number of nitrogen functional groups attached to an aromatic ring is 1. The maximum absolute atomic E-state index is 13.2. The molecule has 10 nitrogen and oxygen atoms in total. The van der Waals surface area contributed by atoms with Gasteiger partial charge in [0.15, 0.2) is 5.82 Å². The first kappa shape index (κ1) is 22.0. The number of nitrogens with one attached hydrogen (secondary N) is 2. The lowest BCUT2D eigenvalue weighted by Crippen LogP contribution is -2.46. The summed E-state index contributed by atoms with van der Waals surface area (Å²) in [6.07, 6.45) is 0.275. The molecule has 0 bridgehead atoms. The zero-order chi connectivity index (χ0) is 23.6. The Morgan fingerprint density at radius 2 is 1.82 bits per heavy atom. The fourth-order valence-electron chi connectivity index (χ4n) is 3.78. The van der Waals surface area contributed by atoms with E-state index in [0.717, 1.165) is 21.7 Å². The fourth-order valence-corrected chi connectivity index (χ4v) is 3.78. The summed E-state index contributed by atoms with van der Waals surface area (Å²) in [6.45, 7) is 3.50. The molecular formula is C23H25N7O3. The highest BCUT2D eigenvalue weighted by atomic mass is 16.5.